The van der Waals surface area contributed by atoms with E-state index < -0.39 is 5.97 Å². The van der Waals surface area contributed by atoms with Crippen molar-refractivity contribution in [2.75, 3.05) is 0 Å². The van der Waals surface area contributed by atoms with Crippen LogP contribution in [-0.2, 0) is 24.7 Å². The number of fused-ring (bicyclic) bond motifs is 1. The molecule has 16 heavy (non-hydrogen) atoms. The average Bonchev–Trinajstić information content (AvgIpc) is 2.55. The molecule has 0 bridgehead atoms. The summed E-state index contributed by atoms with van der Waals surface area (Å²) in [6.07, 6.45) is 1.04. The lowest BCUT2D eigenvalue weighted by atomic mass is 10.1. The summed E-state index contributed by atoms with van der Waals surface area (Å²) in [5.74, 6) is -0.788. The highest BCUT2D eigenvalue weighted by Gasteiger charge is 2.10. The first-order chi connectivity index (χ1) is 7.63. The van der Waals surface area contributed by atoms with E-state index in [1.165, 1.54) is 10.9 Å². The predicted octanol–water partition coefficient (Wildman–Crippen LogP) is 2.37. The molecule has 0 aliphatic heterocycles. The van der Waals surface area contributed by atoms with E-state index in [1.807, 2.05) is 29.8 Å². The van der Waals surface area contributed by atoms with Gasteiger partial charge in [-0.05, 0) is 24.1 Å². The zero-order chi connectivity index (χ0) is 11.7. The first-order valence-corrected chi connectivity index (χ1v) is 5.41. The van der Waals surface area contributed by atoms with E-state index in [1.54, 1.807) is 0 Å². The Morgan fingerprint density at radius 1 is 1.44 bits per heavy atom. The van der Waals surface area contributed by atoms with Gasteiger partial charge in [0.2, 0.25) is 0 Å². The standard InChI is InChI=1S/C13H15NO2/c1-3-9-5-4-6-12-11(9)7-10(14(12)2)8-13(15)16/h4-7H,3,8H2,1-2H3,(H,15,16). The van der Waals surface area contributed by atoms with Crippen molar-refractivity contribution >= 4 is 16.9 Å². The van der Waals surface area contributed by atoms with Crippen LogP contribution in [0.15, 0.2) is 24.3 Å². The number of aromatic nitrogens is 1. The van der Waals surface area contributed by atoms with Gasteiger partial charge in [0.25, 0.3) is 0 Å². The molecule has 1 heterocycles. The molecule has 0 spiro atoms. The van der Waals surface area contributed by atoms with Crippen molar-refractivity contribution in [1.29, 1.82) is 0 Å². The minimum absolute atomic E-state index is 0.0777. The molecule has 1 aromatic carbocycles. The molecule has 0 radical (unpaired) electrons. The van der Waals surface area contributed by atoms with Crippen LogP contribution in [0.5, 0.6) is 0 Å². The van der Waals surface area contributed by atoms with Crippen molar-refractivity contribution in [1.82, 2.24) is 4.57 Å². The van der Waals surface area contributed by atoms with E-state index in [0.717, 1.165) is 17.6 Å². The summed E-state index contributed by atoms with van der Waals surface area (Å²) < 4.78 is 1.96. The number of carboxylic acids is 1. The van der Waals surface area contributed by atoms with Crippen LogP contribution in [0, 0.1) is 0 Å². The van der Waals surface area contributed by atoms with Crippen LogP contribution in [0.2, 0.25) is 0 Å². The Balaban J connectivity index is 2.62. The summed E-state index contributed by atoms with van der Waals surface area (Å²) in [5, 5.41) is 10.00. The van der Waals surface area contributed by atoms with Crippen LogP contribution in [0.4, 0.5) is 0 Å². The highest BCUT2D eigenvalue weighted by molar-refractivity contribution is 5.86. The molecule has 0 fully saturated rings. The third kappa shape index (κ3) is 1.69. The van der Waals surface area contributed by atoms with Crippen molar-refractivity contribution in [2.45, 2.75) is 19.8 Å². The third-order valence-corrected chi connectivity index (χ3v) is 2.99. The quantitative estimate of drug-likeness (QED) is 0.857. The Hall–Kier alpha value is -1.77. The zero-order valence-electron chi connectivity index (χ0n) is 9.53. The smallest absolute Gasteiger partial charge is 0.309 e. The lowest BCUT2D eigenvalue weighted by molar-refractivity contribution is -0.136. The molecule has 0 unspecified atom stereocenters. The van der Waals surface area contributed by atoms with E-state index >= 15 is 0 Å². The van der Waals surface area contributed by atoms with Gasteiger partial charge >= 0.3 is 5.97 Å². The van der Waals surface area contributed by atoms with Gasteiger partial charge in [-0.15, -0.1) is 0 Å². The van der Waals surface area contributed by atoms with Crippen LogP contribution in [-0.4, -0.2) is 15.6 Å². The van der Waals surface area contributed by atoms with Crippen molar-refractivity contribution in [2.24, 2.45) is 7.05 Å². The number of carbonyl (C=O) groups is 1. The maximum atomic E-state index is 10.7. The van der Waals surface area contributed by atoms with E-state index in [-0.39, 0.29) is 6.42 Å². The van der Waals surface area contributed by atoms with Crippen molar-refractivity contribution in [3.63, 3.8) is 0 Å². The largest absolute Gasteiger partial charge is 0.481 e. The number of rotatable bonds is 3. The molecule has 0 amide bonds. The number of nitrogens with zero attached hydrogens (tertiary/aromatic N) is 1. The van der Waals surface area contributed by atoms with Crippen LogP contribution < -0.4 is 0 Å². The molecule has 1 aromatic heterocycles. The fourth-order valence-electron chi connectivity index (χ4n) is 2.11. The van der Waals surface area contributed by atoms with Gasteiger partial charge in [-0.25, -0.2) is 0 Å². The van der Waals surface area contributed by atoms with Gasteiger partial charge in [-0.2, -0.15) is 0 Å². The Bertz CT molecular complexity index is 540. The molecule has 0 saturated heterocycles. The highest BCUT2D eigenvalue weighted by atomic mass is 16.4. The molecule has 0 aliphatic carbocycles. The molecular formula is C13H15NO2. The predicted molar refractivity (Wildman–Crippen MR) is 63.6 cm³/mol. The SMILES string of the molecule is CCc1cccc2c1cc(CC(=O)O)n2C. The van der Waals surface area contributed by atoms with Crippen molar-refractivity contribution in [3.8, 4) is 0 Å². The van der Waals surface area contributed by atoms with E-state index in [9.17, 15) is 4.79 Å². The van der Waals surface area contributed by atoms with Crippen molar-refractivity contribution < 1.29 is 9.90 Å². The van der Waals surface area contributed by atoms with Crippen LogP contribution >= 0.6 is 0 Å². The molecule has 2 rings (SSSR count). The fraction of sp³-hybridized carbons (Fsp3) is 0.308. The molecule has 3 heteroatoms. The second-order valence-electron chi connectivity index (χ2n) is 3.97. The third-order valence-electron chi connectivity index (χ3n) is 2.99. The monoisotopic (exact) mass is 217 g/mol. The van der Waals surface area contributed by atoms with Gasteiger partial charge in [-0.1, -0.05) is 19.1 Å². The second-order valence-corrected chi connectivity index (χ2v) is 3.97. The Labute approximate surface area is 94.3 Å². The summed E-state index contributed by atoms with van der Waals surface area (Å²) in [6, 6.07) is 8.13. The molecule has 84 valence electrons. The van der Waals surface area contributed by atoms with Crippen LogP contribution in [0.25, 0.3) is 10.9 Å². The first kappa shape index (κ1) is 10.7. The van der Waals surface area contributed by atoms with E-state index in [0.29, 0.717) is 0 Å². The number of hydrogen-bond donors (Lipinski definition) is 1. The Kier molecular flexibility index (Phi) is 2.69. The van der Waals surface area contributed by atoms with Gasteiger partial charge in [0.15, 0.2) is 0 Å². The lowest BCUT2D eigenvalue weighted by Crippen LogP contribution is -2.04. The van der Waals surface area contributed by atoms with Crippen LogP contribution in [0.1, 0.15) is 18.2 Å². The van der Waals surface area contributed by atoms with Crippen LogP contribution in [0.3, 0.4) is 0 Å². The second kappa shape index (κ2) is 4.00. The molecule has 0 aliphatic rings. The number of aliphatic carboxylic acids is 1. The minimum atomic E-state index is -0.788. The van der Waals surface area contributed by atoms with Gasteiger partial charge in [0.1, 0.15) is 0 Å². The normalized spacial score (nSPS) is 10.9. The number of carboxylic acid groups (broad SMARTS) is 1. The number of hydrogen-bond acceptors (Lipinski definition) is 1. The average molecular weight is 217 g/mol. The highest BCUT2D eigenvalue weighted by Crippen LogP contribution is 2.23. The van der Waals surface area contributed by atoms with Gasteiger partial charge in [0.05, 0.1) is 6.42 Å². The molecule has 3 nitrogen and oxygen atoms in total. The van der Waals surface area contributed by atoms with E-state index in [4.69, 9.17) is 5.11 Å². The topological polar surface area (TPSA) is 42.2 Å². The number of benzene rings is 1. The van der Waals surface area contributed by atoms with Gasteiger partial charge < -0.3 is 9.67 Å². The summed E-state index contributed by atoms with van der Waals surface area (Å²) >= 11 is 0. The molecule has 0 atom stereocenters. The molecule has 0 saturated carbocycles. The maximum absolute atomic E-state index is 10.7. The minimum Gasteiger partial charge on any atom is -0.481 e. The summed E-state index contributed by atoms with van der Waals surface area (Å²) in [7, 11) is 1.92. The maximum Gasteiger partial charge on any atom is 0.309 e. The Morgan fingerprint density at radius 3 is 2.81 bits per heavy atom. The van der Waals surface area contributed by atoms with Crippen molar-refractivity contribution in [3.05, 3.63) is 35.5 Å². The summed E-state index contributed by atoms with van der Waals surface area (Å²) in [5.41, 5.74) is 3.23. The van der Waals surface area contributed by atoms with Gasteiger partial charge in [0, 0.05) is 23.6 Å². The lowest BCUT2D eigenvalue weighted by Gasteiger charge is -2.02. The zero-order valence-corrected chi connectivity index (χ0v) is 9.53. The van der Waals surface area contributed by atoms with E-state index in [2.05, 4.69) is 13.0 Å². The molecule has 1 N–H and O–H groups in total. The Morgan fingerprint density at radius 2 is 2.19 bits per heavy atom. The summed E-state index contributed by atoms with van der Waals surface area (Å²) in [6.45, 7) is 2.11. The fourth-order valence-corrected chi connectivity index (χ4v) is 2.11. The first-order valence-electron chi connectivity index (χ1n) is 5.41. The molecule has 2 aromatic rings. The number of aryl methyl sites for hydroxylation is 2. The summed E-state index contributed by atoms with van der Waals surface area (Å²) in [4.78, 5) is 10.7. The molecular weight excluding hydrogens is 202 g/mol. The van der Waals surface area contributed by atoms with Gasteiger partial charge in [-0.3, -0.25) is 4.79 Å².